The van der Waals surface area contributed by atoms with Crippen molar-refractivity contribution in [2.45, 2.75) is 38.1 Å². The number of nitrogens with zero attached hydrogens (tertiary/aromatic N) is 1. The fourth-order valence-electron chi connectivity index (χ4n) is 2.38. The first kappa shape index (κ1) is 12.8. The quantitative estimate of drug-likeness (QED) is 0.829. The van der Waals surface area contributed by atoms with E-state index in [4.69, 9.17) is 5.26 Å². The molecule has 18 heavy (non-hydrogen) atoms. The molecule has 1 unspecified atom stereocenters. The van der Waals surface area contributed by atoms with Gasteiger partial charge in [-0.3, -0.25) is 4.79 Å². The molecule has 0 aromatic heterocycles. The first-order chi connectivity index (χ1) is 8.79. The minimum atomic E-state index is 0.131. The van der Waals surface area contributed by atoms with Gasteiger partial charge >= 0.3 is 0 Å². The van der Waals surface area contributed by atoms with Crippen molar-refractivity contribution in [1.29, 1.82) is 5.26 Å². The van der Waals surface area contributed by atoms with Gasteiger partial charge in [-0.2, -0.15) is 5.26 Å². The molecular formula is C15H18N2O. The van der Waals surface area contributed by atoms with E-state index in [1.165, 1.54) is 19.3 Å². The van der Waals surface area contributed by atoms with Gasteiger partial charge in [0.15, 0.2) is 5.78 Å². The molecule has 1 heterocycles. The largest absolute Gasteiger partial charge is 0.314 e. The van der Waals surface area contributed by atoms with Crippen LogP contribution < -0.4 is 5.32 Å². The lowest BCUT2D eigenvalue weighted by molar-refractivity contribution is 0.0968. The Morgan fingerprint density at radius 2 is 2.28 bits per heavy atom. The van der Waals surface area contributed by atoms with Crippen molar-refractivity contribution in [3.8, 4) is 6.07 Å². The summed E-state index contributed by atoms with van der Waals surface area (Å²) in [7, 11) is 0. The van der Waals surface area contributed by atoms with E-state index >= 15 is 0 Å². The van der Waals surface area contributed by atoms with Crippen LogP contribution in [0.4, 0.5) is 0 Å². The number of nitrogens with one attached hydrogen (secondary N) is 1. The number of benzene rings is 1. The number of nitriles is 1. The van der Waals surface area contributed by atoms with E-state index in [9.17, 15) is 4.79 Å². The van der Waals surface area contributed by atoms with Crippen LogP contribution in [-0.4, -0.2) is 18.4 Å². The van der Waals surface area contributed by atoms with Crippen molar-refractivity contribution in [2.24, 2.45) is 0 Å². The lowest BCUT2D eigenvalue weighted by Gasteiger charge is -2.14. The molecule has 1 saturated heterocycles. The van der Waals surface area contributed by atoms with Gasteiger partial charge in [0, 0.05) is 18.0 Å². The number of ketones is 1. The van der Waals surface area contributed by atoms with E-state index in [1.807, 2.05) is 0 Å². The Morgan fingerprint density at radius 1 is 1.39 bits per heavy atom. The average molecular weight is 242 g/mol. The summed E-state index contributed by atoms with van der Waals surface area (Å²) in [5.74, 6) is 0.131. The Labute approximate surface area is 108 Å². The van der Waals surface area contributed by atoms with Crippen molar-refractivity contribution < 1.29 is 4.79 Å². The molecule has 1 aliphatic heterocycles. The Morgan fingerprint density at radius 3 is 3.11 bits per heavy atom. The Balaban J connectivity index is 2.00. The van der Waals surface area contributed by atoms with Gasteiger partial charge in [0.1, 0.15) is 0 Å². The maximum absolute atomic E-state index is 12.1. The monoisotopic (exact) mass is 242 g/mol. The second kappa shape index (κ2) is 6.32. The number of carbonyl (C=O) groups is 1. The number of Topliss-reactive ketones (excluding diaryl/α,β-unsaturated/α-hetero) is 1. The van der Waals surface area contributed by atoms with Gasteiger partial charge in [-0.15, -0.1) is 0 Å². The van der Waals surface area contributed by atoms with E-state index in [-0.39, 0.29) is 5.78 Å². The molecule has 2 rings (SSSR count). The average Bonchev–Trinajstić information content (AvgIpc) is 2.67. The highest BCUT2D eigenvalue weighted by Gasteiger charge is 2.16. The molecule has 3 nitrogen and oxygen atoms in total. The van der Waals surface area contributed by atoms with Gasteiger partial charge < -0.3 is 5.32 Å². The van der Waals surface area contributed by atoms with Crippen LogP contribution in [0.25, 0.3) is 0 Å². The third-order valence-corrected chi connectivity index (χ3v) is 3.41. The smallest absolute Gasteiger partial charge is 0.164 e. The van der Waals surface area contributed by atoms with Crippen LogP contribution in [0.1, 0.15) is 48.0 Å². The van der Waals surface area contributed by atoms with E-state index < -0.39 is 0 Å². The summed E-state index contributed by atoms with van der Waals surface area (Å²) in [5.41, 5.74) is 1.20. The summed E-state index contributed by atoms with van der Waals surface area (Å²) in [5, 5.41) is 12.3. The Hall–Kier alpha value is -1.66. The van der Waals surface area contributed by atoms with Crippen LogP contribution in [0.15, 0.2) is 24.3 Å². The molecule has 1 atom stereocenters. The van der Waals surface area contributed by atoms with E-state index in [0.717, 1.165) is 13.0 Å². The van der Waals surface area contributed by atoms with Crippen LogP contribution in [0, 0.1) is 11.3 Å². The van der Waals surface area contributed by atoms with Gasteiger partial charge in [0.25, 0.3) is 0 Å². The van der Waals surface area contributed by atoms with Crippen LogP contribution in [0.5, 0.6) is 0 Å². The molecule has 1 aromatic carbocycles. The first-order valence-corrected chi connectivity index (χ1v) is 6.56. The lowest BCUT2D eigenvalue weighted by Crippen LogP contribution is -2.30. The van der Waals surface area contributed by atoms with Gasteiger partial charge in [-0.1, -0.05) is 25.0 Å². The zero-order chi connectivity index (χ0) is 12.8. The molecule has 1 N–H and O–H groups in total. The normalized spacial score (nSPS) is 19.8. The highest BCUT2D eigenvalue weighted by atomic mass is 16.1. The highest BCUT2D eigenvalue weighted by molar-refractivity contribution is 5.96. The molecule has 1 aliphatic rings. The van der Waals surface area contributed by atoms with Gasteiger partial charge in [-0.25, -0.2) is 0 Å². The van der Waals surface area contributed by atoms with E-state index in [0.29, 0.717) is 23.6 Å². The summed E-state index contributed by atoms with van der Waals surface area (Å²) in [6, 6.07) is 9.33. The molecule has 3 heteroatoms. The van der Waals surface area contributed by atoms with Crippen molar-refractivity contribution in [3.63, 3.8) is 0 Å². The molecule has 0 saturated carbocycles. The number of hydrogen-bond acceptors (Lipinski definition) is 3. The van der Waals surface area contributed by atoms with Gasteiger partial charge in [0.2, 0.25) is 0 Å². The summed E-state index contributed by atoms with van der Waals surface area (Å²) >= 11 is 0. The molecule has 0 radical (unpaired) electrons. The van der Waals surface area contributed by atoms with Crippen molar-refractivity contribution in [1.82, 2.24) is 5.32 Å². The number of rotatable bonds is 3. The number of carbonyl (C=O) groups excluding carboxylic acids is 1. The zero-order valence-electron chi connectivity index (χ0n) is 10.5. The van der Waals surface area contributed by atoms with Crippen molar-refractivity contribution in [3.05, 3.63) is 35.4 Å². The van der Waals surface area contributed by atoms with Crippen LogP contribution in [-0.2, 0) is 0 Å². The van der Waals surface area contributed by atoms with E-state index in [1.54, 1.807) is 24.3 Å². The molecule has 0 bridgehead atoms. The predicted octanol–water partition coefficient (Wildman–Crippen LogP) is 2.66. The Kier molecular flexibility index (Phi) is 4.49. The van der Waals surface area contributed by atoms with Crippen molar-refractivity contribution in [2.75, 3.05) is 6.54 Å². The van der Waals surface area contributed by atoms with E-state index in [2.05, 4.69) is 11.4 Å². The predicted molar refractivity (Wildman–Crippen MR) is 70.4 cm³/mol. The van der Waals surface area contributed by atoms with Crippen LogP contribution in [0.3, 0.4) is 0 Å². The summed E-state index contributed by atoms with van der Waals surface area (Å²) in [6.07, 6.45) is 5.26. The molecule has 0 spiro atoms. The SMILES string of the molecule is N#Cc1cccc(C(=O)CC2CCCCCN2)c1. The lowest BCUT2D eigenvalue weighted by atomic mass is 9.99. The van der Waals surface area contributed by atoms with Gasteiger partial charge in [-0.05, 0) is 31.5 Å². The van der Waals surface area contributed by atoms with Gasteiger partial charge in [0.05, 0.1) is 11.6 Å². The second-order valence-electron chi connectivity index (χ2n) is 4.82. The second-order valence-corrected chi connectivity index (χ2v) is 4.82. The summed E-state index contributed by atoms with van der Waals surface area (Å²) < 4.78 is 0. The summed E-state index contributed by atoms with van der Waals surface area (Å²) in [6.45, 7) is 1.01. The number of hydrogen-bond donors (Lipinski definition) is 1. The molecule has 0 amide bonds. The van der Waals surface area contributed by atoms with Crippen LogP contribution >= 0.6 is 0 Å². The third kappa shape index (κ3) is 3.41. The highest BCUT2D eigenvalue weighted by Crippen LogP contribution is 2.14. The standard InChI is InChI=1S/C15H18N2O/c16-11-12-5-4-6-13(9-12)15(18)10-14-7-2-1-3-8-17-14/h4-6,9,14,17H,1-3,7-8,10H2. The molecular weight excluding hydrogens is 224 g/mol. The minimum absolute atomic E-state index is 0.131. The first-order valence-electron chi connectivity index (χ1n) is 6.56. The van der Waals surface area contributed by atoms with Crippen LogP contribution in [0.2, 0.25) is 0 Å². The third-order valence-electron chi connectivity index (χ3n) is 3.41. The zero-order valence-corrected chi connectivity index (χ0v) is 10.5. The topological polar surface area (TPSA) is 52.9 Å². The maximum atomic E-state index is 12.1. The van der Waals surface area contributed by atoms with Crippen molar-refractivity contribution >= 4 is 5.78 Å². The molecule has 94 valence electrons. The molecule has 1 fully saturated rings. The fraction of sp³-hybridized carbons (Fsp3) is 0.467. The fourth-order valence-corrected chi connectivity index (χ4v) is 2.38. The Bertz CT molecular complexity index is 454. The molecule has 1 aromatic rings. The summed E-state index contributed by atoms with van der Waals surface area (Å²) in [4.78, 5) is 12.1. The maximum Gasteiger partial charge on any atom is 0.164 e. The molecule has 0 aliphatic carbocycles. The minimum Gasteiger partial charge on any atom is -0.314 e.